The molecule has 1 fully saturated rings. The number of rotatable bonds is 4. The van der Waals surface area contributed by atoms with E-state index in [-0.39, 0.29) is 5.91 Å². The molecular formula is C19H25N3O. The van der Waals surface area contributed by atoms with Crippen LogP contribution in [0.2, 0.25) is 0 Å². The van der Waals surface area contributed by atoms with Crippen LogP contribution in [0, 0.1) is 0 Å². The van der Waals surface area contributed by atoms with Crippen molar-refractivity contribution in [1.82, 2.24) is 10.2 Å². The zero-order valence-corrected chi connectivity index (χ0v) is 14.0. The van der Waals surface area contributed by atoms with Gasteiger partial charge in [0.1, 0.15) is 0 Å². The maximum atomic E-state index is 12.9. The molecular weight excluding hydrogens is 286 g/mol. The molecule has 0 spiro atoms. The molecule has 23 heavy (non-hydrogen) atoms. The highest BCUT2D eigenvalue weighted by atomic mass is 16.2. The smallest absolute Gasteiger partial charge is 0.241 e. The van der Waals surface area contributed by atoms with E-state index in [9.17, 15) is 4.79 Å². The molecule has 4 heteroatoms. The molecule has 1 amide bonds. The van der Waals surface area contributed by atoms with Gasteiger partial charge in [-0.2, -0.15) is 0 Å². The summed E-state index contributed by atoms with van der Waals surface area (Å²) in [7, 11) is 0. The monoisotopic (exact) mass is 311 g/mol. The Bertz CT molecular complexity index is 680. The zero-order valence-electron chi connectivity index (χ0n) is 14.0. The molecule has 2 aromatic carbocycles. The molecule has 1 atom stereocenters. The standard InChI is InChI=1S/C19H25N3O/c1-3-22(19(23)14-21-12-11-20-13-15(21)2)18-10-6-8-16-7-4-5-9-17(16)18/h4-10,15,20H,3,11-14H2,1-2H3/t15-/m0/s1. The van der Waals surface area contributed by atoms with Gasteiger partial charge in [-0.3, -0.25) is 9.69 Å². The fraction of sp³-hybridized carbons (Fsp3) is 0.421. The molecule has 0 aliphatic carbocycles. The number of nitrogens with zero attached hydrogens (tertiary/aromatic N) is 2. The van der Waals surface area contributed by atoms with Gasteiger partial charge in [-0.15, -0.1) is 0 Å². The average molecular weight is 311 g/mol. The average Bonchev–Trinajstić information content (AvgIpc) is 2.58. The first-order valence-electron chi connectivity index (χ1n) is 8.43. The minimum absolute atomic E-state index is 0.178. The number of nitrogens with one attached hydrogen (secondary N) is 1. The van der Waals surface area contributed by atoms with E-state index in [2.05, 4.69) is 35.3 Å². The predicted octanol–water partition coefficient (Wildman–Crippen LogP) is 2.49. The highest BCUT2D eigenvalue weighted by Crippen LogP contribution is 2.26. The number of carbonyl (C=O) groups is 1. The summed E-state index contributed by atoms with van der Waals surface area (Å²) in [5.41, 5.74) is 1.01. The van der Waals surface area contributed by atoms with Crippen molar-refractivity contribution in [2.45, 2.75) is 19.9 Å². The molecule has 0 aromatic heterocycles. The van der Waals surface area contributed by atoms with Gasteiger partial charge in [0, 0.05) is 37.6 Å². The van der Waals surface area contributed by atoms with Crippen LogP contribution in [0.3, 0.4) is 0 Å². The van der Waals surface area contributed by atoms with Crippen LogP contribution in [0.1, 0.15) is 13.8 Å². The lowest BCUT2D eigenvalue weighted by Crippen LogP contribution is -2.53. The van der Waals surface area contributed by atoms with Gasteiger partial charge in [-0.05, 0) is 25.3 Å². The number of amides is 1. The molecule has 0 bridgehead atoms. The van der Waals surface area contributed by atoms with Gasteiger partial charge >= 0.3 is 0 Å². The Morgan fingerprint density at radius 1 is 1.26 bits per heavy atom. The van der Waals surface area contributed by atoms with Gasteiger partial charge in [0.05, 0.1) is 12.2 Å². The number of hydrogen-bond donors (Lipinski definition) is 1. The molecule has 0 radical (unpaired) electrons. The lowest BCUT2D eigenvalue weighted by atomic mass is 10.1. The fourth-order valence-corrected chi connectivity index (χ4v) is 3.30. The number of fused-ring (bicyclic) bond motifs is 1. The van der Waals surface area contributed by atoms with Crippen LogP contribution in [-0.2, 0) is 4.79 Å². The summed E-state index contributed by atoms with van der Waals surface area (Å²) in [6.45, 7) is 8.23. The minimum atomic E-state index is 0.178. The van der Waals surface area contributed by atoms with Gasteiger partial charge in [-0.1, -0.05) is 36.4 Å². The van der Waals surface area contributed by atoms with E-state index in [1.54, 1.807) is 0 Å². The van der Waals surface area contributed by atoms with Crippen LogP contribution in [0.5, 0.6) is 0 Å². The van der Waals surface area contributed by atoms with Crippen molar-refractivity contribution < 1.29 is 4.79 Å². The van der Waals surface area contributed by atoms with Crippen LogP contribution in [0.25, 0.3) is 10.8 Å². The summed E-state index contributed by atoms with van der Waals surface area (Å²) in [5.74, 6) is 0.178. The quantitative estimate of drug-likeness (QED) is 0.942. The van der Waals surface area contributed by atoms with Crippen molar-refractivity contribution >= 4 is 22.4 Å². The van der Waals surface area contributed by atoms with Crippen molar-refractivity contribution in [2.24, 2.45) is 0 Å². The first-order chi connectivity index (χ1) is 11.2. The van der Waals surface area contributed by atoms with E-state index in [4.69, 9.17) is 0 Å². The normalized spacial score (nSPS) is 19.0. The number of anilines is 1. The van der Waals surface area contributed by atoms with Gasteiger partial charge in [0.25, 0.3) is 0 Å². The van der Waals surface area contributed by atoms with Crippen molar-refractivity contribution in [3.8, 4) is 0 Å². The molecule has 1 saturated heterocycles. The molecule has 1 aliphatic heterocycles. The first kappa shape index (κ1) is 16.0. The van der Waals surface area contributed by atoms with E-state index in [1.807, 2.05) is 36.1 Å². The Labute approximate surface area is 138 Å². The molecule has 4 nitrogen and oxygen atoms in total. The molecule has 0 unspecified atom stereocenters. The molecule has 1 heterocycles. The number of piperazine rings is 1. The Morgan fingerprint density at radius 2 is 2.04 bits per heavy atom. The third kappa shape index (κ3) is 3.38. The molecule has 2 aromatic rings. The van der Waals surface area contributed by atoms with E-state index in [1.165, 1.54) is 5.39 Å². The third-order valence-electron chi connectivity index (χ3n) is 4.65. The van der Waals surface area contributed by atoms with Crippen molar-refractivity contribution in [3.63, 3.8) is 0 Å². The van der Waals surface area contributed by atoms with Crippen LogP contribution in [0.15, 0.2) is 42.5 Å². The largest absolute Gasteiger partial charge is 0.314 e. The van der Waals surface area contributed by atoms with E-state index in [0.717, 1.165) is 30.7 Å². The van der Waals surface area contributed by atoms with Crippen LogP contribution in [-0.4, -0.2) is 49.6 Å². The second-order valence-electron chi connectivity index (χ2n) is 6.16. The lowest BCUT2D eigenvalue weighted by Gasteiger charge is -2.35. The summed E-state index contributed by atoms with van der Waals surface area (Å²) >= 11 is 0. The van der Waals surface area contributed by atoms with Crippen molar-refractivity contribution in [3.05, 3.63) is 42.5 Å². The first-order valence-corrected chi connectivity index (χ1v) is 8.43. The second-order valence-corrected chi connectivity index (χ2v) is 6.16. The summed E-state index contributed by atoms with van der Waals surface area (Å²) in [4.78, 5) is 17.1. The van der Waals surface area contributed by atoms with Crippen LogP contribution < -0.4 is 10.2 Å². The van der Waals surface area contributed by atoms with Gasteiger partial charge in [0.15, 0.2) is 0 Å². The number of hydrogen-bond acceptors (Lipinski definition) is 3. The Hall–Kier alpha value is -1.91. The van der Waals surface area contributed by atoms with Crippen molar-refractivity contribution in [2.75, 3.05) is 37.6 Å². The maximum Gasteiger partial charge on any atom is 0.241 e. The fourth-order valence-electron chi connectivity index (χ4n) is 3.30. The molecule has 1 N–H and O–H groups in total. The third-order valence-corrected chi connectivity index (χ3v) is 4.65. The topological polar surface area (TPSA) is 35.6 Å². The van der Waals surface area contributed by atoms with Gasteiger partial charge in [0.2, 0.25) is 5.91 Å². The Morgan fingerprint density at radius 3 is 2.83 bits per heavy atom. The number of carbonyl (C=O) groups excluding carboxylic acids is 1. The SMILES string of the molecule is CCN(C(=O)CN1CCNC[C@@H]1C)c1cccc2ccccc12. The van der Waals surface area contributed by atoms with Crippen LogP contribution in [0.4, 0.5) is 5.69 Å². The second kappa shape index (κ2) is 7.11. The Kier molecular flexibility index (Phi) is 4.94. The van der Waals surface area contributed by atoms with Gasteiger partial charge < -0.3 is 10.2 Å². The van der Waals surface area contributed by atoms with Gasteiger partial charge in [-0.25, -0.2) is 0 Å². The molecule has 0 saturated carbocycles. The number of benzene rings is 2. The highest BCUT2D eigenvalue weighted by Gasteiger charge is 2.23. The van der Waals surface area contributed by atoms with E-state index < -0.39 is 0 Å². The molecule has 3 rings (SSSR count). The summed E-state index contributed by atoms with van der Waals surface area (Å²) in [5, 5.41) is 5.68. The summed E-state index contributed by atoms with van der Waals surface area (Å²) in [6, 6.07) is 14.8. The molecule has 1 aliphatic rings. The van der Waals surface area contributed by atoms with Crippen molar-refractivity contribution in [1.29, 1.82) is 0 Å². The zero-order chi connectivity index (χ0) is 16.2. The van der Waals surface area contributed by atoms with E-state index >= 15 is 0 Å². The molecule has 122 valence electrons. The maximum absolute atomic E-state index is 12.9. The highest BCUT2D eigenvalue weighted by molar-refractivity contribution is 6.04. The predicted molar refractivity (Wildman–Crippen MR) is 95.9 cm³/mol. The summed E-state index contributed by atoms with van der Waals surface area (Å²) < 4.78 is 0. The minimum Gasteiger partial charge on any atom is -0.314 e. The number of likely N-dealkylation sites (N-methyl/N-ethyl adjacent to an activating group) is 1. The lowest BCUT2D eigenvalue weighted by molar-refractivity contribution is -0.120. The Balaban J connectivity index is 1.84. The van der Waals surface area contributed by atoms with E-state index in [0.29, 0.717) is 19.1 Å². The summed E-state index contributed by atoms with van der Waals surface area (Å²) in [6.07, 6.45) is 0. The van der Waals surface area contributed by atoms with Crippen LogP contribution >= 0.6 is 0 Å².